The molecule has 1 saturated heterocycles. The molecule has 0 amide bonds. The number of anilines is 1. The van der Waals surface area contributed by atoms with E-state index < -0.39 is 28.6 Å². The van der Waals surface area contributed by atoms with E-state index in [2.05, 4.69) is 5.32 Å². The van der Waals surface area contributed by atoms with Crippen molar-refractivity contribution in [3.05, 3.63) is 34.2 Å². The van der Waals surface area contributed by atoms with E-state index in [1.165, 1.54) is 0 Å². The molecule has 0 radical (unpaired) electrons. The zero-order valence-electron chi connectivity index (χ0n) is 17.9. The van der Waals surface area contributed by atoms with Crippen LogP contribution in [0.2, 0.25) is 5.02 Å². The molecule has 1 aromatic carbocycles. The van der Waals surface area contributed by atoms with Crippen molar-refractivity contribution in [1.82, 2.24) is 4.31 Å². The molecule has 0 unspecified atom stereocenters. The van der Waals surface area contributed by atoms with E-state index in [4.69, 9.17) is 21.4 Å². The Morgan fingerprint density at radius 2 is 1.97 bits per heavy atom. The van der Waals surface area contributed by atoms with Crippen molar-refractivity contribution in [2.75, 3.05) is 30.8 Å². The number of sulfonamides is 1. The van der Waals surface area contributed by atoms with E-state index in [9.17, 15) is 23.1 Å². The minimum atomic E-state index is -3.20. The summed E-state index contributed by atoms with van der Waals surface area (Å²) in [5, 5.41) is 21.8. The number of nitrogens with zero attached hydrogens (tertiary/aromatic N) is 1. The monoisotopic (exact) mass is 516 g/mol. The smallest absolute Gasteiger partial charge is 0.349 e. The van der Waals surface area contributed by atoms with Gasteiger partial charge in [0.05, 0.1) is 10.6 Å². The quantitative estimate of drug-likeness (QED) is 0.433. The summed E-state index contributed by atoms with van der Waals surface area (Å²) in [6, 6.07) is 7.36. The molecule has 33 heavy (non-hydrogen) atoms. The summed E-state index contributed by atoms with van der Waals surface area (Å²) in [5.41, 5.74) is 1.45. The average Bonchev–Trinajstić information content (AvgIpc) is 3.09. The summed E-state index contributed by atoms with van der Waals surface area (Å²) in [6.07, 6.45) is 1.93. The molecule has 9 nitrogen and oxygen atoms in total. The van der Waals surface area contributed by atoms with Crippen LogP contribution in [0.25, 0.3) is 10.4 Å². The van der Waals surface area contributed by atoms with Gasteiger partial charge in [-0.05, 0) is 37.0 Å². The zero-order chi connectivity index (χ0) is 24.2. The van der Waals surface area contributed by atoms with Crippen LogP contribution in [0.5, 0.6) is 5.75 Å². The number of aromatic carboxylic acids is 1. The predicted molar refractivity (Wildman–Crippen MR) is 127 cm³/mol. The van der Waals surface area contributed by atoms with Crippen molar-refractivity contribution in [2.45, 2.75) is 32.2 Å². The van der Waals surface area contributed by atoms with Gasteiger partial charge in [0.1, 0.15) is 5.02 Å². The molecule has 0 bridgehead atoms. The third-order valence-electron chi connectivity index (χ3n) is 5.15. The lowest BCUT2D eigenvalue weighted by molar-refractivity contribution is -0.139. The maximum absolute atomic E-state index is 12.3. The second-order valence-corrected chi connectivity index (χ2v) is 11.1. The SMILES string of the molecule is CCCS(=O)(=O)N1CCC(Nc2cccc(-c3sc(C(=O)O)c(OCC(=O)O)c3Cl)c2)CC1. The number of carboxylic acids is 2. The fraction of sp³-hybridized carbons (Fsp3) is 0.429. The van der Waals surface area contributed by atoms with Crippen LogP contribution in [0.3, 0.4) is 0 Å². The van der Waals surface area contributed by atoms with E-state index in [1.54, 1.807) is 16.4 Å². The Bertz CT molecular complexity index is 1130. The molecular formula is C21H25ClN2O7S2. The first-order valence-electron chi connectivity index (χ1n) is 10.4. The normalized spacial score (nSPS) is 15.3. The van der Waals surface area contributed by atoms with E-state index >= 15 is 0 Å². The second kappa shape index (κ2) is 10.7. The first-order chi connectivity index (χ1) is 15.6. The van der Waals surface area contributed by atoms with Gasteiger partial charge in [-0.25, -0.2) is 22.3 Å². The van der Waals surface area contributed by atoms with Gasteiger partial charge in [-0.1, -0.05) is 30.7 Å². The van der Waals surface area contributed by atoms with Crippen molar-refractivity contribution in [3.63, 3.8) is 0 Å². The first kappa shape index (κ1) is 25.3. The topological polar surface area (TPSA) is 133 Å². The number of halogens is 1. The number of thiophene rings is 1. The Balaban J connectivity index is 1.75. The van der Waals surface area contributed by atoms with Crippen LogP contribution in [0, 0.1) is 0 Å². The lowest BCUT2D eigenvalue weighted by atomic mass is 10.1. The van der Waals surface area contributed by atoms with Crippen molar-refractivity contribution in [3.8, 4) is 16.2 Å². The van der Waals surface area contributed by atoms with Gasteiger partial charge in [-0.3, -0.25) is 0 Å². The molecule has 1 fully saturated rings. The molecule has 1 aliphatic rings. The maximum atomic E-state index is 12.3. The number of ether oxygens (including phenoxy) is 1. The maximum Gasteiger partial charge on any atom is 0.349 e. The average molecular weight is 517 g/mol. The van der Waals surface area contributed by atoms with Crippen molar-refractivity contribution < 1.29 is 33.0 Å². The fourth-order valence-corrected chi connectivity index (χ4v) is 6.58. The van der Waals surface area contributed by atoms with E-state index in [0.717, 1.165) is 17.0 Å². The summed E-state index contributed by atoms with van der Waals surface area (Å²) in [7, 11) is -3.20. The van der Waals surface area contributed by atoms with E-state index in [1.807, 2.05) is 19.1 Å². The lowest BCUT2D eigenvalue weighted by Gasteiger charge is -2.32. The van der Waals surface area contributed by atoms with Gasteiger partial charge < -0.3 is 20.3 Å². The van der Waals surface area contributed by atoms with Crippen LogP contribution in [0.4, 0.5) is 5.69 Å². The Hall–Kier alpha value is -2.34. The standard InChI is InChI=1S/C21H25ClN2O7S2/c1-2-10-33(29,30)24-8-6-14(7-9-24)23-15-5-3-4-13(11-15)19-17(22)18(31-12-16(25)26)20(32-19)21(27)28/h3-5,11,14,23H,2,6-10,12H2,1H3,(H,25,26)(H,27,28). The van der Waals surface area contributed by atoms with Gasteiger partial charge in [0.2, 0.25) is 10.0 Å². The van der Waals surface area contributed by atoms with Crippen molar-refractivity contribution in [1.29, 1.82) is 0 Å². The van der Waals surface area contributed by atoms with Gasteiger partial charge >= 0.3 is 11.9 Å². The predicted octanol–water partition coefficient (Wildman–Crippen LogP) is 3.85. The van der Waals surface area contributed by atoms with Crippen LogP contribution >= 0.6 is 22.9 Å². The number of benzene rings is 1. The molecule has 0 atom stereocenters. The molecular weight excluding hydrogens is 492 g/mol. The zero-order valence-corrected chi connectivity index (χ0v) is 20.3. The van der Waals surface area contributed by atoms with Gasteiger partial charge in [0.15, 0.2) is 17.2 Å². The van der Waals surface area contributed by atoms with Crippen molar-refractivity contribution >= 4 is 50.6 Å². The van der Waals surface area contributed by atoms with Gasteiger partial charge in [0.25, 0.3) is 0 Å². The van der Waals surface area contributed by atoms with Crippen LogP contribution in [0.15, 0.2) is 24.3 Å². The van der Waals surface area contributed by atoms with Gasteiger partial charge in [-0.2, -0.15) is 0 Å². The Morgan fingerprint density at radius 1 is 1.27 bits per heavy atom. The highest BCUT2D eigenvalue weighted by Gasteiger charge is 2.28. The molecule has 2 heterocycles. The van der Waals surface area contributed by atoms with Crippen molar-refractivity contribution in [2.24, 2.45) is 0 Å². The molecule has 0 aliphatic carbocycles. The lowest BCUT2D eigenvalue weighted by Crippen LogP contribution is -2.43. The number of carbonyl (C=O) groups is 2. The number of rotatable bonds is 10. The van der Waals surface area contributed by atoms with E-state index in [0.29, 0.717) is 42.8 Å². The second-order valence-electron chi connectivity index (χ2n) is 7.61. The molecule has 3 rings (SSSR count). The third kappa shape index (κ3) is 6.17. The van der Waals surface area contributed by atoms with Gasteiger partial charge in [-0.15, -0.1) is 11.3 Å². The Morgan fingerprint density at radius 3 is 2.58 bits per heavy atom. The number of hydrogen-bond acceptors (Lipinski definition) is 7. The van der Waals surface area contributed by atoms with Crippen LogP contribution in [0.1, 0.15) is 35.9 Å². The fourth-order valence-electron chi connectivity index (χ4n) is 3.64. The number of hydrogen-bond donors (Lipinski definition) is 3. The minimum Gasteiger partial charge on any atom is -0.479 e. The van der Waals surface area contributed by atoms with Crippen LogP contribution < -0.4 is 10.1 Å². The molecule has 180 valence electrons. The Kier molecular flexibility index (Phi) is 8.22. The molecule has 0 spiro atoms. The summed E-state index contributed by atoms with van der Waals surface area (Å²) >= 11 is 7.28. The summed E-state index contributed by atoms with van der Waals surface area (Å²) in [5.74, 6) is -2.50. The summed E-state index contributed by atoms with van der Waals surface area (Å²) < 4.78 is 31.2. The molecule has 1 aromatic heterocycles. The molecule has 2 aromatic rings. The largest absolute Gasteiger partial charge is 0.479 e. The highest BCUT2D eigenvalue weighted by Crippen LogP contribution is 2.46. The number of aliphatic carboxylic acids is 1. The summed E-state index contributed by atoms with van der Waals surface area (Å²) in [4.78, 5) is 22.7. The van der Waals surface area contributed by atoms with E-state index in [-0.39, 0.29) is 27.4 Å². The molecule has 3 N–H and O–H groups in total. The number of carboxylic acid groups (broad SMARTS) is 2. The minimum absolute atomic E-state index is 0.0465. The first-order valence-corrected chi connectivity index (χ1v) is 13.2. The van der Waals surface area contributed by atoms with Gasteiger partial charge in [0, 0.05) is 24.8 Å². The van der Waals surface area contributed by atoms with Crippen LogP contribution in [-0.2, 0) is 14.8 Å². The third-order valence-corrected chi connectivity index (χ3v) is 8.91. The number of piperidine rings is 1. The molecule has 12 heteroatoms. The number of nitrogens with one attached hydrogen (secondary N) is 1. The molecule has 0 saturated carbocycles. The highest BCUT2D eigenvalue weighted by atomic mass is 35.5. The molecule has 1 aliphatic heterocycles. The Labute approximate surface area is 201 Å². The summed E-state index contributed by atoms with van der Waals surface area (Å²) in [6.45, 7) is 2.06. The van der Waals surface area contributed by atoms with Crippen LogP contribution in [-0.4, -0.2) is 66.4 Å². The highest BCUT2D eigenvalue weighted by molar-refractivity contribution is 7.89.